The number of amides is 1. The zero-order valence-electron chi connectivity index (χ0n) is 11.7. The van der Waals surface area contributed by atoms with Crippen LogP contribution in [0.15, 0.2) is 27.4 Å². The van der Waals surface area contributed by atoms with Crippen molar-refractivity contribution >= 4 is 22.7 Å². The lowest BCUT2D eigenvalue weighted by Gasteiger charge is -2.36. The molecule has 0 unspecified atom stereocenters. The number of hydrogen-bond acceptors (Lipinski definition) is 4. The maximum absolute atomic E-state index is 12.0. The Morgan fingerprint density at radius 3 is 2.67 bits per heavy atom. The number of carbonyl (C=O) groups excluding carboxylic acids is 1. The smallest absolute Gasteiger partial charge is 0.408 e. The number of carbonyl (C=O) groups is 1. The molecule has 6 nitrogen and oxygen atoms in total. The van der Waals surface area contributed by atoms with Crippen LogP contribution in [0.2, 0.25) is 0 Å². The minimum absolute atomic E-state index is 0.294. The van der Waals surface area contributed by atoms with Crippen LogP contribution in [-0.2, 0) is 4.79 Å². The van der Waals surface area contributed by atoms with E-state index in [-0.39, 0.29) is 0 Å². The molecule has 1 aromatic carbocycles. The van der Waals surface area contributed by atoms with Gasteiger partial charge < -0.3 is 14.2 Å². The monoisotopic (exact) mass is 287 g/mol. The fraction of sp³-hybridized carbons (Fsp3) is 0.467. The maximum atomic E-state index is 12.0. The number of anilines is 1. The van der Waals surface area contributed by atoms with Gasteiger partial charge in [0.1, 0.15) is 0 Å². The Morgan fingerprint density at radius 2 is 1.95 bits per heavy atom. The van der Waals surface area contributed by atoms with Crippen LogP contribution in [0.25, 0.3) is 11.1 Å². The van der Waals surface area contributed by atoms with E-state index in [1.165, 1.54) is 0 Å². The molecular weight excluding hydrogens is 270 g/mol. The Balaban J connectivity index is 1.48. The molecule has 1 aliphatic carbocycles. The van der Waals surface area contributed by atoms with Crippen LogP contribution >= 0.6 is 0 Å². The number of aromatic nitrogens is 1. The molecule has 1 saturated carbocycles. The number of nitrogens with one attached hydrogen (secondary N) is 1. The summed E-state index contributed by atoms with van der Waals surface area (Å²) in [5.41, 5.74) is 2.32. The molecule has 1 aliphatic heterocycles. The molecule has 21 heavy (non-hydrogen) atoms. The Morgan fingerprint density at radius 1 is 1.19 bits per heavy atom. The van der Waals surface area contributed by atoms with Crippen molar-refractivity contribution in [3.63, 3.8) is 0 Å². The highest BCUT2D eigenvalue weighted by Crippen LogP contribution is 2.31. The van der Waals surface area contributed by atoms with Gasteiger partial charge in [-0.1, -0.05) is 0 Å². The van der Waals surface area contributed by atoms with Crippen molar-refractivity contribution in [3.05, 3.63) is 28.7 Å². The normalized spacial score (nSPS) is 19.2. The van der Waals surface area contributed by atoms with Crippen LogP contribution in [0.3, 0.4) is 0 Å². The van der Waals surface area contributed by atoms with E-state index in [9.17, 15) is 9.59 Å². The van der Waals surface area contributed by atoms with E-state index in [4.69, 9.17) is 4.42 Å². The lowest BCUT2D eigenvalue weighted by Crippen LogP contribution is -2.49. The number of rotatable bonds is 2. The van der Waals surface area contributed by atoms with Gasteiger partial charge in [-0.25, -0.2) is 4.79 Å². The second-order valence-electron chi connectivity index (χ2n) is 5.78. The number of fused-ring (bicyclic) bond motifs is 1. The van der Waals surface area contributed by atoms with Crippen LogP contribution in [0.1, 0.15) is 12.8 Å². The summed E-state index contributed by atoms with van der Waals surface area (Å²) < 4.78 is 5.10. The van der Waals surface area contributed by atoms with Gasteiger partial charge in [-0.05, 0) is 25.0 Å². The van der Waals surface area contributed by atoms with E-state index >= 15 is 0 Å². The third-order valence-corrected chi connectivity index (χ3v) is 4.29. The number of aromatic amines is 1. The van der Waals surface area contributed by atoms with E-state index in [2.05, 4.69) is 9.88 Å². The van der Waals surface area contributed by atoms with Crippen molar-refractivity contribution in [1.82, 2.24) is 9.88 Å². The number of H-pyrrole nitrogens is 1. The van der Waals surface area contributed by atoms with Crippen molar-refractivity contribution < 1.29 is 9.21 Å². The molecule has 0 bridgehead atoms. The third-order valence-electron chi connectivity index (χ3n) is 4.29. The first-order valence-electron chi connectivity index (χ1n) is 7.37. The van der Waals surface area contributed by atoms with Crippen LogP contribution in [-0.4, -0.2) is 42.0 Å². The Bertz CT molecular complexity index is 736. The molecule has 2 heterocycles. The number of oxazole rings is 1. The summed E-state index contributed by atoms with van der Waals surface area (Å²) in [6.45, 7) is 3.17. The SMILES string of the molecule is O=C(C1CC1)N1CCN(c2ccc3[nH]c(=O)oc3c2)CC1. The molecule has 1 saturated heterocycles. The highest BCUT2D eigenvalue weighted by molar-refractivity contribution is 5.81. The first-order chi connectivity index (χ1) is 10.2. The van der Waals surface area contributed by atoms with E-state index in [1.807, 2.05) is 23.1 Å². The fourth-order valence-electron chi connectivity index (χ4n) is 2.90. The zero-order valence-corrected chi connectivity index (χ0v) is 11.7. The molecule has 2 fully saturated rings. The van der Waals surface area contributed by atoms with Crippen molar-refractivity contribution in [3.8, 4) is 0 Å². The van der Waals surface area contributed by atoms with Gasteiger partial charge in [0.15, 0.2) is 5.58 Å². The predicted molar refractivity (Wildman–Crippen MR) is 78.4 cm³/mol. The van der Waals surface area contributed by atoms with Crippen molar-refractivity contribution in [2.24, 2.45) is 5.92 Å². The van der Waals surface area contributed by atoms with Gasteiger partial charge in [-0.3, -0.25) is 9.78 Å². The highest BCUT2D eigenvalue weighted by atomic mass is 16.4. The first kappa shape index (κ1) is 12.5. The fourth-order valence-corrected chi connectivity index (χ4v) is 2.90. The van der Waals surface area contributed by atoms with E-state index in [0.29, 0.717) is 22.9 Å². The first-order valence-corrected chi connectivity index (χ1v) is 7.37. The lowest BCUT2D eigenvalue weighted by molar-refractivity contribution is -0.132. The van der Waals surface area contributed by atoms with Crippen LogP contribution in [0.4, 0.5) is 5.69 Å². The molecule has 0 spiro atoms. The van der Waals surface area contributed by atoms with Crippen molar-refractivity contribution in [2.45, 2.75) is 12.8 Å². The summed E-state index contributed by atoms with van der Waals surface area (Å²) in [6, 6.07) is 5.72. The second-order valence-corrected chi connectivity index (χ2v) is 5.78. The summed E-state index contributed by atoms with van der Waals surface area (Å²) in [5, 5.41) is 0. The van der Waals surface area contributed by atoms with E-state index in [1.54, 1.807) is 0 Å². The molecule has 1 amide bonds. The Hall–Kier alpha value is -2.24. The summed E-state index contributed by atoms with van der Waals surface area (Å²) in [7, 11) is 0. The average molecular weight is 287 g/mol. The largest absolute Gasteiger partial charge is 0.417 e. The van der Waals surface area contributed by atoms with Crippen LogP contribution in [0.5, 0.6) is 0 Å². The predicted octanol–water partition coefficient (Wildman–Crippen LogP) is 1.18. The molecule has 110 valence electrons. The molecule has 2 aromatic rings. The van der Waals surface area contributed by atoms with Gasteiger partial charge >= 0.3 is 5.76 Å². The molecule has 0 radical (unpaired) electrons. The van der Waals surface area contributed by atoms with Gasteiger partial charge in [0.05, 0.1) is 5.52 Å². The zero-order chi connectivity index (χ0) is 14.4. The van der Waals surface area contributed by atoms with Crippen LogP contribution in [0, 0.1) is 5.92 Å². The summed E-state index contributed by atoms with van der Waals surface area (Å²) in [4.78, 5) is 30.1. The Kier molecular flexibility index (Phi) is 2.77. The lowest BCUT2D eigenvalue weighted by atomic mass is 10.2. The highest BCUT2D eigenvalue weighted by Gasteiger charge is 2.34. The topological polar surface area (TPSA) is 69.6 Å². The standard InChI is InChI=1S/C15H17N3O3/c19-14(10-1-2-10)18-7-5-17(6-8-18)11-3-4-12-13(9-11)21-15(20)16-12/h3-4,9-10H,1-2,5-8H2,(H,16,20). The van der Waals surface area contributed by atoms with Gasteiger partial charge in [0, 0.05) is 43.9 Å². The van der Waals surface area contributed by atoms with Crippen LogP contribution < -0.4 is 10.7 Å². The molecule has 4 rings (SSSR count). The van der Waals surface area contributed by atoms with Gasteiger partial charge in [-0.15, -0.1) is 0 Å². The third kappa shape index (κ3) is 2.30. The summed E-state index contributed by atoms with van der Waals surface area (Å²) in [6.07, 6.45) is 2.12. The van der Waals surface area contributed by atoms with E-state index in [0.717, 1.165) is 44.7 Å². The second kappa shape index (κ2) is 4.65. The minimum Gasteiger partial charge on any atom is -0.408 e. The molecule has 0 atom stereocenters. The molecule has 2 aliphatic rings. The number of benzene rings is 1. The molecule has 1 aromatic heterocycles. The minimum atomic E-state index is -0.429. The van der Waals surface area contributed by atoms with Gasteiger partial charge in [0.25, 0.3) is 0 Å². The molecule has 1 N–H and O–H groups in total. The van der Waals surface area contributed by atoms with Gasteiger partial charge in [-0.2, -0.15) is 0 Å². The summed E-state index contributed by atoms with van der Waals surface area (Å²) >= 11 is 0. The molecule has 6 heteroatoms. The Labute approximate surface area is 121 Å². The number of nitrogens with zero attached hydrogens (tertiary/aromatic N) is 2. The van der Waals surface area contributed by atoms with Crippen molar-refractivity contribution in [1.29, 1.82) is 0 Å². The summed E-state index contributed by atoms with van der Waals surface area (Å²) in [5.74, 6) is 0.186. The number of piperazine rings is 1. The van der Waals surface area contributed by atoms with Gasteiger partial charge in [0.2, 0.25) is 5.91 Å². The molecular formula is C15H17N3O3. The maximum Gasteiger partial charge on any atom is 0.417 e. The van der Waals surface area contributed by atoms with Crippen molar-refractivity contribution in [2.75, 3.05) is 31.1 Å². The van der Waals surface area contributed by atoms with E-state index < -0.39 is 5.76 Å². The quantitative estimate of drug-likeness (QED) is 0.900. The number of hydrogen-bond donors (Lipinski definition) is 1. The average Bonchev–Trinajstić information content (AvgIpc) is 3.27.